The fraction of sp³-hybridized carbons (Fsp3) is 0. The molecule has 0 bridgehead atoms. The molecule has 0 saturated carbocycles. The number of hydrogen-bond acceptors (Lipinski definition) is 1. The van der Waals surface area contributed by atoms with Gasteiger partial charge in [0, 0.05) is 14.3 Å². The number of imidazole rings is 1. The first-order valence-corrected chi connectivity index (χ1v) is 8.28. The average Bonchev–Trinajstić information content (AvgIpc) is 2.94. The Morgan fingerprint density at radius 1 is 0.727 bits per heavy atom. The molecule has 22 heavy (non-hydrogen) atoms. The maximum atomic E-state index is 4.91. The van der Waals surface area contributed by atoms with Gasteiger partial charge in [-0.15, -0.1) is 0 Å². The zero-order chi connectivity index (χ0) is 14.7. The lowest BCUT2D eigenvalue weighted by Gasteiger charge is -2.08. The fourth-order valence-electron chi connectivity index (χ4n) is 3.29. The van der Waals surface area contributed by atoms with Crippen molar-refractivity contribution in [2.75, 3.05) is 0 Å². The second-order valence-corrected chi connectivity index (χ2v) is 6.71. The van der Waals surface area contributed by atoms with E-state index >= 15 is 0 Å². The molecule has 5 rings (SSSR count). The van der Waals surface area contributed by atoms with E-state index in [0.29, 0.717) is 0 Å². The van der Waals surface area contributed by atoms with Crippen LogP contribution >= 0.6 is 22.6 Å². The number of rotatable bonds is 0. The average molecular weight is 394 g/mol. The molecule has 0 saturated heterocycles. The minimum atomic E-state index is 1.03. The number of halogens is 1. The second-order valence-electron chi connectivity index (χ2n) is 5.47. The summed E-state index contributed by atoms with van der Waals surface area (Å²) in [5.74, 6) is 0. The first-order valence-electron chi connectivity index (χ1n) is 7.20. The van der Waals surface area contributed by atoms with Crippen molar-refractivity contribution in [1.29, 1.82) is 0 Å². The van der Waals surface area contributed by atoms with Crippen LogP contribution in [0.2, 0.25) is 0 Å². The Morgan fingerprint density at radius 2 is 1.45 bits per heavy atom. The molecule has 0 N–H and O–H groups in total. The van der Waals surface area contributed by atoms with Crippen molar-refractivity contribution < 1.29 is 0 Å². The largest absolute Gasteiger partial charge is 0.292 e. The summed E-state index contributed by atoms with van der Waals surface area (Å²) in [5.41, 5.74) is 4.46. The number of hydrogen-bond donors (Lipinski definition) is 0. The molecule has 0 aliphatic rings. The highest BCUT2D eigenvalue weighted by atomic mass is 127. The van der Waals surface area contributed by atoms with Crippen LogP contribution in [0.15, 0.2) is 66.7 Å². The van der Waals surface area contributed by atoms with E-state index in [4.69, 9.17) is 4.98 Å². The van der Waals surface area contributed by atoms with E-state index in [0.717, 1.165) is 16.7 Å². The predicted octanol–water partition coefficient (Wildman–Crippen LogP) is 5.40. The number of benzene rings is 3. The SMILES string of the molecule is Ic1ccc2c(c1)nc1c3ccccc3c3ccccc3n21. The molecule has 2 heterocycles. The third-order valence-corrected chi connectivity index (χ3v) is 4.89. The summed E-state index contributed by atoms with van der Waals surface area (Å²) in [6, 6.07) is 23.5. The lowest BCUT2D eigenvalue weighted by atomic mass is 10.1. The van der Waals surface area contributed by atoms with E-state index in [-0.39, 0.29) is 0 Å². The zero-order valence-electron chi connectivity index (χ0n) is 11.6. The Hall–Kier alpha value is -2.14. The first-order chi connectivity index (χ1) is 10.8. The summed E-state index contributed by atoms with van der Waals surface area (Å²) in [5, 5.41) is 3.73. The van der Waals surface area contributed by atoms with Crippen LogP contribution in [0.1, 0.15) is 0 Å². The Bertz CT molecular complexity index is 1190. The second kappa shape index (κ2) is 4.43. The maximum absolute atomic E-state index is 4.91. The standard InChI is InChI=1S/C19H11IN2/c20-12-9-10-18-16(11-12)21-19-15-7-2-1-5-13(15)14-6-3-4-8-17(14)22(18)19/h1-11H. The minimum absolute atomic E-state index is 1.03. The Balaban J connectivity index is 2.21. The van der Waals surface area contributed by atoms with Crippen molar-refractivity contribution in [3.8, 4) is 0 Å². The van der Waals surface area contributed by atoms with Gasteiger partial charge in [0.05, 0.1) is 16.6 Å². The van der Waals surface area contributed by atoms with Crippen molar-refractivity contribution >= 4 is 60.9 Å². The molecule has 2 nitrogen and oxygen atoms in total. The van der Waals surface area contributed by atoms with Crippen LogP contribution in [0.25, 0.3) is 38.4 Å². The summed E-state index contributed by atoms with van der Waals surface area (Å²) in [4.78, 5) is 4.91. The Kier molecular flexibility index (Phi) is 2.50. The van der Waals surface area contributed by atoms with Gasteiger partial charge in [-0.25, -0.2) is 4.98 Å². The molecule has 0 unspecified atom stereocenters. The molecule has 3 aromatic carbocycles. The Labute approximate surface area is 140 Å². The minimum Gasteiger partial charge on any atom is -0.292 e. The van der Waals surface area contributed by atoms with Gasteiger partial charge in [0.25, 0.3) is 0 Å². The van der Waals surface area contributed by atoms with Crippen molar-refractivity contribution in [3.05, 3.63) is 70.3 Å². The third kappa shape index (κ3) is 1.57. The maximum Gasteiger partial charge on any atom is 0.146 e. The molecule has 5 aromatic rings. The van der Waals surface area contributed by atoms with Crippen molar-refractivity contribution in [1.82, 2.24) is 9.38 Å². The summed E-state index contributed by atoms with van der Waals surface area (Å²) < 4.78 is 3.49. The zero-order valence-corrected chi connectivity index (χ0v) is 13.8. The van der Waals surface area contributed by atoms with E-state index < -0.39 is 0 Å². The molecular formula is C19H11IN2. The lowest BCUT2D eigenvalue weighted by molar-refractivity contribution is 1.31. The number of aromatic nitrogens is 2. The monoisotopic (exact) mass is 394 g/mol. The molecule has 0 atom stereocenters. The summed E-state index contributed by atoms with van der Waals surface area (Å²) >= 11 is 2.34. The highest BCUT2D eigenvalue weighted by Crippen LogP contribution is 2.32. The normalized spacial score (nSPS) is 11.9. The number of nitrogens with zero attached hydrogens (tertiary/aromatic N) is 2. The molecule has 0 spiro atoms. The van der Waals surface area contributed by atoms with Crippen LogP contribution in [0.5, 0.6) is 0 Å². The van der Waals surface area contributed by atoms with Gasteiger partial charge in [0.15, 0.2) is 0 Å². The van der Waals surface area contributed by atoms with Crippen LogP contribution in [0.4, 0.5) is 0 Å². The van der Waals surface area contributed by atoms with Gasteiger partial charge in [-0.3, -0.25) is 4.40 Å². The number of fused-ring (bicyclic) bond motifs is 8. The summed E-state index contributed by atoms with van der Waals surface area (Å²) in [7, 11) is 0. The van der Waals surface area contributed by atoms with Crippen LogP contribution in [-0.4, -0.2) is 9.38 Å². The van der Waals surface area contributed by atoms with Gasteiger partial charge in [-0.05, 0) is 52.2 Å². The third-order valence-electron chi connectivity index (χ3n) is 4.22. The summed E-state index contributed by atoms with van der Waals surface area (Å²) in [6.07, 6.45) is 0. The Morgan fingerprint density at radius 3 is 2.32 bits per heavy atom. The number of para-hydroxylation sites is 1. The molecular weight excluding hydrogens is 383 g/mol. The van der Waals surface area contributed by atoms with Crippen LogP contribution in [-0.2, 0) is 0 Å². The molecule has 0 aliphatic heterocycles. The lowest BCUT2D eigenvalue weighted by Crippen LogP contribution is -1.90. The van der Waals surface area contributed by atoms with E-state index in [2.05, 4.69) is 93.7 Å². The van der Waals surface area contributed by atoms with Gasteiger partial charge in [0.1, 0.15) is 5.65 Å². The first kappa shape index (κ1) is 12.4. The molecule has 0 fully saturated rings. The summed E-state index contributed by atoms with van der Waals surface area (Å²) in [6.45, 7) is 0. The topological polar surface area (TPSA) is 17.3 Å². The molecule has 0 amide bonds. The van der Waals surface area contributed by atoms with Gasteiger partial charge in [-0.1, -0.05) is 42.5 Å². The number of pyridine rings is 1. The van der Waals surface area contributed by atoms with Crippen molar-refractivity contribution in [3.63, 3.8) is 0 Å². The van der Waals surface area contributed by atoms with E-state index in [1.807, 2.05) is 0 Å². The van der Waals surface area contributed by atoms with E-state index in [1.165, 1.54) is 25.2 Å². The molecule has 0 radical (unpaired) electrons. The van der Waals surface area contributed by atoms with E-state index in [9.17, 15) is 0 Å². The smallest absolute Gasteiger partial charge is 0.146 e. The van der Waals surface area contributed by atoms with Crippen LogP contribution in [0, 0.1) is 3.57 Å². The van der Waals surface area contributed by atoms with Gasteiger partial charge in [-0.2, -0.15) is 0 Å². The molecule has 2 aromatic heterocycles. The predicted molar refractivity (Wildman–Crippen MR) is 100 cm³/mol. The highest BCUT2D eigenvalue weighted by Gasteiger charge is 2.12. The molecule has 3 heteroatoms. The van der Waals surface area contributed by atoms with Gasteiger partial charge < -0.3 is 0 Å². The fourth-order valence-corrected chi connectivity index (χ4v) is 3.76. The highest BCUT2D eigenvalue weighted by molar-refractivity contribution is 14.1. The van der Waals surface area contributed by atoms with Gasteiger partial charge >= 0.3 is 0 Å². The van der Waals surface area contributed by atoms with E-state index in [1.54, 1.807) is 0 Å². The van der Waals surface area contributed by atoms with Crippen LogP contribution < -0.4 is 0 Å². The van der Waals surface area contributed by atoms with Gasteiger partial charge in [0.2, 0.25) is 0 Å². The van der Waals surface area contributed by atoms with Crippen molar-refractivity contribution in [2.24, 2.45) is 0 Å². The van der Waals surface area contributed by atoms with Crippen LogP contribution in [0.3, 0.4) is 0 Å². The quantitative estimate of drug-likeness (QED) is 0.254. The molecule has 104 valence electrons. The molecule has 0 aliphatic carbocycles. The van der Waals surface area contributed by atoms with Crippen molar-refractivity contribution in [2.45, 2.75) is 0 Å².